The highest BCUT2D eigenvalue weighted by molar-refractivity contribution is 5.92. The molecule has 6 nitrogen and oxygen atoms in total. The molecule has 3 rings (SSSR count). The molecule has 2 atom stereocenters. The summed E-state index contributed by atoms with van der Waals surface area (Å²) in [5.41, 5.74) is 2.62. The molecule has 0 aliphatic heterocycles. The molecule has 2 N–H and O–H groups in total. The third-order valence-electron chi connectivity index (χ3n) is 5.06. The number of methoxy groups -OCH3 is 2. The minimum Gasteiger partial charge on any atom is -0.497 e. The van der Waals surface area contributed by atoms with E-state index in [-0.39, 0.29) is 17.9 Å². The summed E-state index contributed by atoms with van der Waals surface area (Å²) in [4.78, 5) is 20.7. The second kappa shape index (κ2) is 9.28. The standard InChI is InChI=1S/C23H27N3O3/c1-5-15(2)22(23-24-18-8-6-7-9-19(18)25-23)26-21(27)13-10-16-14-17(28-3)11-12-20(16)29-4/h6-15,22H,5H2,1-4H3,(H,24,25)(H,26,27). The fourth-order valence-corrected chi connectivity index (χ4v) is 3.17. The van der Waals surface area contributed by atoms with E-state index in [9.17, 15) is 4.79 Å². The third kappa shape index (κ3) is 4.77. The normalized spacial score (nSPS) is 13.4. The lowest BCUT2D eigenvalue weighted by atomic mass is 9.98. The molecular weight excluding hydrogens is 366 g/mol. The maximum atomic E-state index is 12.7. The van der Waals surface area contributed by atoms with Gasteiger partial charge < -0.3 is 19.8 Å². The van der Waals surface area contributed by atoms with E-state index >= 15 is 0 Å². The number of ether oxygens (including phenoxy) is 2. The number of aromatic amines is 1. The van der Waals surface area contributed by atoms with Crippen molar-refractivity contribution in [2.24, 2.45) is 5.92 Å². The largest absolute Gasteiger partial charge is 0.497 e. The Kier molecular flexibility index (Phi) is 6.54. The van der Waals surface area contributed by atoms with E-state index < -0.39 is 0 Å². The van der Waals surface area contributed by atoms with Crippen molar-refractivity contribution in [2.45, 2.75) is 26.3 Å². The molecule has 0 saturated carbocycles. The lowest BCUT2D eigenvalue weighted by molar-refractivity contribution is -0.117. The highest BCUT2D eigenvalue weighted by Gasteiger charge is 2.22. The van der Waals surface area contributed by atoms with Gasteiger partial charge in [0.25, 0.3) is 0 Å². The van der Waals surface area contributed by atoms with Gasteiger partial charge in [-0.05, 0) is 42.3 Å². The molecule has 0 aliphatic rings. The molecule has 2 unspecified atom stereocenters. The number of imidazole rings is 1. The molecule has 0 saturated heterocycles. The summed E-state index contributed by atoms with van der Waals surface area (Å²) in [6.45, 7) is 4.20. The molecular formula is C23H27N3O3. The number of amides is 1. The zero-order valence-corrected chi connectivity index (χ0v) is 17.2. The van der Waals surface area contributed by atoms with Gasteiger partial charge >= 0.3 is 0 Å². The van der Waals surface area contributed by atoms with Crippen LogP contribution in [0.3, 0.4) is 0 Å². The Morgan fingerprint density at radius 2 is 2.00 bits per heavy atom. The minimum atomic E-state index is -0.211. The highest BCUT2D eigenvalue weighted by atomic mass is 16.5. The Balaban J connectivity index is 1.81. The number of nitrogens with zero attached hydrogens (tertiary/aromatic N) is 1. The van der Waals surface area contributed by atoms with E-state index in [0.717, 1.165) is 28.8 Å². The van der Waals surface area contributed by atoms with E-state index in [1.807, 2.05) is 42.5 Å². The van der Waals surface area contributed by atoms with Crippen LogP contribution < -0.4 is 14.8 Å². The number of nitrogens with one attached hydrogen (secondary N) is 2. The van der Waals surface area contributed by atoms with Crippen LogP contribution in [0.2, 0.25) is 0 Å². The highest BCUT2D eigenvalue weighted by Crippen LogP contribution is 2.26. The number of hydrogen-bond acceptors (Lipinski definition) is 4. The van der Waals surface area contributed by atoms with E-state index in [1.54, 1.807) is 20.3 Å². The van der Waals surface area contributed by atoms with Crippen LogP contribution in [0.4, 0.5) is 0 Å². The lowest BCUT2D eigenvalue weighted by Crippen LogP contribution is -2.32. The van der Waals surface area contributed by atoms with Gasteiger partial charge in [0.1, 0.15) is 17.3 Å². The Morgan fingerprint density at radius 1 is 1.21 bits per heavy atom. The number of rotatable bonds is 8. The van der Waals surface area contributed by atoms with Crippen molar-refractivity contribution in [1.82, 2.24) is 15.3 Å². The Bertz CT molecular complexity index is 977. The number of para-hydroxylation sites is 2. The lowest BCUT2D eigenvalue weighted by Gasteiger charge is -2.21. The minimum absolute atomic E-state index is 0.194. The summed E-state index contributed by atoms with van der Waals surface area (Å²) in [6, 6.07) is 13.1. The SMILES string of the molecule is CCC(C)C(NC(=O)C=Cc1cc(OC)ccc1OC)c1nc2ccccc2[nH]1. The first-order chi connectivity index (χ1) is 14.0. The average molecular weight is 393 g/mol. The van der Waals surface area contributed by atoms with Gasteiger partial charge in [-0.15, -0.1) is 0 Å². The molecule has 0 fully saturated rings. The van der Waals surface area contributed by atoms with E-state index in [1.165, 1.54) is 6.08 Å². The van der Waals surface area contributed by atoms with Gasteiger partial charge in [0.15, 0.2) is 0 Å². The predicted octanol–water partition coefficient (Wildman–Crippen LogP) is 4.50. The molecule has 1 amide bonds. The maximum Gasteiger partial charge on any atom is 0.244 e. The average Bonchev–Trinajstić information content (AvgIpc) is 3.19. The number of benzene rings is 2. The fraction of sp³-hybridized carbons (Fsp3) is 0.304. The second-order valence-electron chi connectivity index (χ2n) is 6.95. The number of carbonyl (C=O) groups excluding carboxylic acids is 1. The second-order valence-corrected chi connectivity index (χ2v) is 6.95. The number of aromatic nitrogens is 2. The first-order valence-electron chi connectivity index (χ1n) is 9.71. The van der Waals surface area contributed by atoms with Crippen molar-refractivity contribution in [2.75, 3.05) is 14.2 Å². The molecule has 0 radical (unpaired) electrons. The zero-order valence-electron chi connectivity index (χ0n) is 17.2. The Labute approximate surface area is 170 Å². The van der Waals surface area contributed by atoms with Gasteiger partial charge in [-0.1, -0.05) is 32.4 Å². The maximum absolute atomic E-state index is 12.7. The van der Waals surface area contributed by atoms with Gasteiger partial charge in [0.05, 0.1) is 31.3 Å². The number of carbonyl (C=O) groups is 1. The van der Waals surface area contributed by atoms with Gasteiger partial charge in [0.2, 0.25) is 5.91 Å². The molecule has 6 heteroatoms. The van der Waals surface area contributed by atoms with Crippen molar-refractivity contribution in [1.29, 1.82) is 0 Å². The van der Waals surface area contributed by atoms with Crippen LogP contribution in [0.15, 0.2) is 48.5 Å². The van der Waals surface area contributed by atoms with Crippen LogP contribution in [0.5, 0.6) is 11.5 Å². The van der Waals surface area contributed by atoms with Gasteiger partial charge in [-0.25, -0.2) is 4.98 Å². The predicted molar refractivity (Wildman–Crippen MR) is 115 cm³/mol. The van der Waals surface area contributed by atoms with Crippen LogP contribution >= 0.6 is 0 Å². The van der Waals surface area contributed by atoms with Crippen molar-refractivity contribution in [3.8, 4) is 11.5 Å². The Hall–Kier alpha value is -3.28. The van der Waals surface area contributed by atoms with Gasteiger partial charge in [0, 0.05) is 11.6 Å². The van der Waals surface area contributed by atoms with Crippen LogP contribution in [0, 0.1) is 5.92 Å². The van der Waals surface area contributed by atoms with E-state index in [2.05, 4.69) is 29.1 Å². The van der Waals surface area contributed by atoms with Crippen molar-refractivity contribution in [3.63, 3.8) is 0 Å². The number of fused-ring (bicyclic) bond motifs is 1. The number of H-pyrrole nitrogens is 1. The van der Waals surface area contributed by atoms with Gasteiger partial charge in [-0.3, -0.25) is 4.79 Å². The summed E-state index contributed by atoms with van der Waals surface area (Å²) in [5, 5.41) is 3.09. The topological polar surface area (TPSA) is 76.2 Å². The fourth-order valence-electron chi connectivity index (χ4n) is 3.17. The molecule has 152 valence electrons. The van der Waals surface area contributed by atoms with Crippen LogP contribution in [0.1, 0.15) is 37.7 Å². The molecule has 0 spiro atoms. The van der Waals surface area contributed by atoms with Crippen LogP contribution in [0.25, 0.3) is 17.1 Å². The molecule has 2 aromatic carbocycles. The summed E-state index contributed by atoms with van der Waals surface area (Å²) in [7, 11) is 3.20. The molecule has 29 heavy (non-hydrogen) atoms. The third-order valence-corrected chi connectivity index (χ3v) is 5.06. The smallest absolute Gasteiger partial charge is 0.244 e. The summed E-state index contributed by atoms with van der Waals surface area (Å²) < 4.78 is 10.6. The Morgan fingerprint density at radius 3 is 2.69 bits per heavy atom. The van der Waals surface area contributed by atoms with Gasteiger partial charge in [-0.2, -0.15) is 0 Å². The monoisotopic (exact) mass is 393 g/mol. The zero-order chi connectivity index (χ0) is 20.8. The van der Waals surface area contributed by atoms with Crippen molar-refractivity contribution in [3.05, 3.63) is 59.9 Å². The summed E-state index contributed by atoms with van der Waals surface area (Å²) in [5.74, 6) is 2.16. The molecule has 0 aliphatic carbocycles. The first-order valence-corrected chi connectivity index (χ1v) is 9.71. The van der Waals surface area contributed by atoms with Crippen LogP contribution in [-0.4, -0.2) is 30.1 Å². The quantitative estimate of drug-likeness (QED) is 0.553. The number of hydrogen-bond donors (Lipinski definition) is 2. The molecule has 3 aromatic rings. The first kappa shape index (κ1) is 20.5. The van der Waals surface area contributed by atoms with Crippen molar-refractivity contribution >= 4 is 23.0 Å². The molecule has 1 heterocycles. The van der Waals surface area contributed by atoms with E-state index in [4.69, 9.17) is 9.47 Å². The summed E-state index contributed by atoms with van der Waals surface area (Å²) >= 11 is 0. The van der Waals surface area contributed by atoms with E-state index in [0.29, 0.717) is 11.5 Å². The van der Waals surface area contributed by atoms with Crippen LogP contribution in [-0.2, 0) is 4.79 Å². The summed E-state index contributed by atoms with van der Waals surface area (Å²) in [6.07, 6.45) is 4.15. The van der Waals surface area contributed by atoms with Crippen molar-refractivity contribution < 1.29 is 14.3 Å². The molecule has 1 aromatic heterocycles. The molecule has 0 bridgehead atoms.